The van der Waals surface area contributed by atoms with Gasteiger partial charge in [0.25, 0.3) is 5.89 Å². The summed E-state index contributed by atoms with van der Waals surface area (Å²) in [7, 11) is 0. The molecular weight excluding hydrogens is 266 g/mol. The van der Waals surface area contributed by atoms with Gasteiger partial charge in [-0.05, 0) is 30.2 Å². The molecule has 100 valence electrons. The number of nitrogens with zero attached hydrogens (tertiary/aromatic N) is 2. The van der Waals surface area contributed by atoms with Gasteiger partial charge in [-0.1, -0.05) is 6.07 Å². The summed E-state index contributed by atoms with van der Waals surface area (Å²) < 4.78 is 5.49. The predicted molar refractivity (Wildman–Crippen MR) is 68.6 cm³/mol. The number of carbonyl (C=O) groups is 1. The van der Waals surface area contributed by atoms with Crippen molar-refractivity contribution in [2.45, 2.75) is 25.4 Å². The molecule has 0 radical (unpaired) electrons. The fourth-order valence-corrected chi connectivity index (χ4v) is 2.55. The van der Waals surface area contributed by atoms with Gasteiger partial charge in [0, 0.05) is 0 Å². The Balaban J connectivity index is 1.62. The van der Waals surface area contributed by atoms with E-state index in [0.717, 1.165) is 17.7 Å². The largest absolute Gasteiger partial charge is 0.480 e. The smallest absolute Gasteiger partial charge is 0.320 e. The average Bonchev–Trinajstić information content (AvgIpc) is 2.92. The van der Waals surface area contributed by atoms with Crippen LogP contribution in [0.4, 0.5) is 0 Å². The molecule has 0 spiro atoms. The van der Waals surface area contributed by atoms with Crippen molar-refractivity contribution in [1.29, 1.82) is 0 Å². The van der Waals surface area contributed by atoms with Crippen LogP contribution in [-0.4, -0.2) is 27.3 Å². The molecule has 2 aromatic rings. The first-order valence-corrected chi connectivity index (χ1v) is 6.94. The molecule has 2 aromatic heterocycles. The van der Waals surface area contributed by atoms with Crippen molar-refractivity contribution in [3.8, 4) is 10.8 Å². The molecule has 1 aliphatic carbocycles. The normalized spacial score (nSPS) is 16.4. The van der Waals surface area contributed by atoms with E-state index in [1.165, 1.54) is 11.3 Å². The van der Waals surface area contributed by atoms with Crippen LogP contribution in [0.1, 0.15) is 18.7 Å². The fourth-order valence-electron chi connectivity index (χ4n) is 1.91. The Bertz CT molecular complexity index is 563. The second-order valence-electron chi connectivity index (χ2n) is 4.51. The Hall–Kier alpha value is -1.73. The van der Waals surface area contributed by atoms with E-state index in [1.54, 1.807) is 0 Å². The lowest BCUT2D eigenvalue weighted by atomic mass is 10.2. The summed E-state index contributed by atoms with van der Waals surface area (Å²) in [5.74, 6) is 0.304. The Labute approximate surface area is 113 Å². The van der Waals surface area contributed by atoms with Crippen LogP contribution >= 0.6 is 11.3 Å². The first-order chi connectivity index (χ1) is 9.24. The van der Waals surface area contributed by atoms with Gasteiger partial charge in [-0.3, -0.25) is 10.1 Å². The Morgan fingerprint density at radius 2 is 2.42 bits per heavy atom. The molecule has 1 aliphatic rings. The maximum absolute atomic E-state index is 11.1. The standard InChI is InChI=1S/C12H13N3O3S/c16-12(17)10(7-3-4-7)13-6-9-14-15-11(18-9)8-2-1-5-19-8/h1-2,5,7,10,13H,3-4,6H2,(H,16,17). The zero-order chi connectivity index (χ0) is 13.2. The van der Waals surface area contributed by atoms with Crippen LogP contribution in [0, 0.1) is 5.92 Å². The summed E-state index contributed by atoms with van der Waals surface area (Å²) in [6, 6.07) is 3.30. The molecule has 1 atom stereocenters. The van der Waals surface area contributed by atoms with Crippen LogP contribution < -0.4 is 5.32 Å². The van der Waals surface area contributed by atoms with E-state index < -0.39 is 12.0 Å². The van der Waals surface area contributed by atoms with Crippen LogP contribution in [-0.2, 0) is 11.3 Å². The lowest BCUT2D eigenvalue weighted by molar-refractivity contribution is -0.140. The molecular formula is C12H13N3O3S. The van der Waals surface area contributed by atoms with E-state index in [4.69, 9.17) is 9.52 Å². The number of aromatic nitrogens is 2. The van der Waals surface area contributed by atoms with E-state index in [1.807, 2.05) is 17.5 Å². The summed E-state index contributed by atoms with van der Waals surface area (Å²) in [5.41, 5.74) is 0. The molecule has 0 aliphatic heterocycles. The molecule has 19 heavy (non-hydrogen) atoms. The minimum atomic E-state index is -0.819. The van der Waals surface area contributed by atoms with Crippen LogP contribution in [0.15, 0.2) is 21.9 Å². The van der Waals surface area contributed by atoms with Crippen molar-refractivity contribution >= 4 is 17.3 Å². The molecule has 2 N–H and O–H groups in total. The van der Waals surface area contributed by atoms with Gasteiger partial charge in [-0.15, -0.1) is 21.5 Å². The van der Waals surface area contributed by atoms with Crippen molar-refractivity contribution < 1.29 is 14.3 Å². The third-order valence-electron chi connectivity index (χ3n) is 3.03. The highest BCUT2D eigenvalue weighted by atomic mass is 32.1. The Morgan fingerprint density at radius 3 is 3.05 bits per heavy atom. The summed E-state index contributed by atoms with van der Waals surface area (Å²) in [5, 5.41) is 21.9. The first kappa shape index (κ1) is 12.3. The second kappa shape index (κ2) is 5.10. The molecule has 1 fully saturated rings. The zero-order valence-corrected chi connectivity index (χ0v) is 10.9. The lowest BCUT2D eigenvalue weighted by Crippen LogP contribution is -2.38. The van der Waals surface area contributed by atoms with Crippen LogP contribution in [0.2, 0.25) is 0 Å². The van der Waals surface area contributed by atoms with Gasteiger partial charge in [0.2, 0.25) is 5.89 Å². The molecule has 3 rings (SSSR count). The maximum Gasteiger partial charge on any atom is 0.320 e. The lowest BCUT2D eigenvalue weighted by Gasteiger charge is -2.11. The van der Waals surface area contributed by atoms with Gasteiger partial charge in [-0.25, -0.2) is 0 Å². The van der Waals surface area contributed by atoms with E-state index in [-0.39, 0.29) is 12.5 Å². The molecule has 0 aromatic carbocycles. The topological polar surface area (TPSA) is 88.2 Å². The summed E-state index contributed by atoms with van der Waals surface area (Å²) in [6.07, 6.45) is 1.93. The van der Waals surface area contributed by atoms with E-state index >= 15 is 0 Å². The first-order valence-electron chi connectivity index (χ1n) is 6.06. The molecule has 0 saturated heterocycles. The molecule has 7 heteroatoms. The van der Waals surface area contributed by atoms with Crippen molar-refractivity contribution in [3.05, 3.63) is 23.4 Å². The number of thiophene rings is 1. The number of carboxylic acids is 1. The maximum atomic E-state index is 11.1. The van der Waals surface area contributed by atoms with Crippen molar-refractivity contribution in [1.82, 2.24) is 15.5 Å². The molecule has 6 nitrogen and oxygen atoms in total. The van der Waals surface area contributed by atoms with Crippen LogP contribution in [0.3, 0.4) is 0 Å². The van der Waals surface area contributed by atoms with Gasteiger partial charge < -0.3 is 9.52 Å². The van der Waals surface area contributed by atoms with E-state index in [2.05, 4.69) is 15.5 Å². The third kappa shape index (κ3) is 2.82. The number of aliphatic carboxylic acids is 1. The summed E-state index contributed by atoms with van der Waals surface area (Å²) >= 11 is 1.52. The molecule has 0 amide bonds. The van der Waals surface area contributed by atoms with Crippen molar-refractivity contribution in [2.24, 2.45) is 5.92 Å². The number of carboxylic acid groups (broad SMARTS) is 1. The van der Waals surface area contributed by atoms with E-state index in [9.17, 15) is 4.79 Å². The summed E-state index contributed by atoms with van der Waals surface area (Å²) in [4.78, 5) is 12.0. The minimum Gasteiger partial charge on any atom is -0.480 e. The number of nitrogens with one attached hydrogen (secondary N) is 1. The highest BCUT2D eigenvalue weighted by molar-refractivity contribution is 7.13. The Morgan fingerprint density at radius 1 is 1.58 bits per heavy atom. The predicted octanol–water partition coefficient (Wildman–Crippen LogP) is 1.75. The van der Waals surface area contributed by atoms with E-state index in [0.29, 0.717) is 11.8 Å². The van der Waals surface area contributed by atoms with Gasteiger partial charge in [0.15, 0.2) is 0 Å². The summed E-state index contributed by atoms with van der Waals surface area (Å²) in [6.45, 7) is 0.284. The molecule has 1 saturated carbocycles. The molecule has 0 bridgehead atoms. The number of rotatable bonds is 6. The fraction of sp³-hybridized carbons (Fsp3) is 0.417. The highest BCUT2D eigenvalue weighted by Crippen LogP contribution is 2.33. The quantitative estimate of drug-likeness (QED) is 0.837. The molecule has 2 heterocycles. The molecule has 1 unspecified atom stereocenters. The van der Waals surface area contributed by atoms with Crippen molar-refractivity contribution in [2.75, 3.05) is 0 Å². The van der Waals surface area contributed by atoms with Crippen LogP contribution in [0.5, 0.6) is 0 Å². The van der Waals surface area contributed by atoms with Gasteiger partial charge in [0.05, 0.1) is 11.4 Å². The van der Waals surface area contributed by atoms with Gasteiger partial charge in [-0.2, -0.15) is 0 Å². The van der Waals surface area contributed by atoms with Crippen molar-refractivity contribution in [3.63, 3.8) is 0 Å². The highest BCUT2D eigenvalue weighted by Gasteiger charge is 2.36. The third-order valence-corrected chi connectivity index (χ3v) is 3.89. The SMILES string of the molecule is O=C(O)C(NCc1nnc(-c2cccs2)o1)C1CC1. The average molecular weight is 279 g/mol. The minimum absolute atomic E-state index is 0.234. The number of hydrogen-bond donors (Lipinski definition) is 2. The zero-order valence-electron chi connectivity index (χ0n) is 10.1. The Kier molecular flexibility index (Phi) is 3.31. The van der Waals surface area contributed by atoms with Crippen LogP contribution in [0.25, 0.3) is 10.8 Å². The van der Waals surface area contributed by atoms with Gasteiger partial charge in [0.1, 0.15) is 6.04 Å². The monoisotopic (exact) mass is 279 g/mol. The second-order valence-corrected chi connectivity index (χ2v) is 5.46. The van der Waals surface area contributed by atoms with Gasteiger partial charge >= 0.3 is 5.97 Å². The number of hydrogen-bond acceptors (Lipinski definition) is 6.